The van der Waals surface area contributed by atoms with Crippen LogP contribution in [0, 0.1) is 0 Å². The van der Waals surface area contributed by atoms with E-state index in [2.05, 4.69) is 14.7 Å². The molecule has 0 saturated heterocycles. The quantitative estimate of drug-likeness (QED) is 0.576. The molecule has 1 aromatic heterocycles. The topological polar surface area (TPSA) is 113 Å². The number of aromatic amines is 1. The average Bonchev–Trinajstić information content (AvgIpc) is 3.05. The summed E-state index contributed by atoms with van der Waals surface area (Å²) in [6, 6.07) is 9.15. The molecule has 120 valence electrons. The summed E-state index contributed by atoms with van der Waals surface area (Å²) in [5, 5.41) is 16.8. The highest BCUT2D eigenvalue weighted by Gasteiger charge is 2.05. The monoisotopic (exact) mass is 316 g/mol. The number of H-pyrrole nitrogens is 1. The largest absolute Gasteiger partial charge is 0.490 e. The van der Waals surface area contributed by atoms with Crippen molar-refractivity contribution >= 4 is 24.1 Å². The number of hydrogen-bond donors (Lipinski definition) is 3. The summed E-state index contributed by atoms with van der Waals surface area (Å²) in [5.41, 5.74) is 1.49. The second-order valence-corrected chi connectivity index (χ2v) is 4.11. The minimum atomic E-state index is -1.06. The van der Waals surface area contributed by atoms with E-state index in [9.17, 15) is 9.59 Å². The summed E-state index contributed by atoms with van der Waals surface area (Å²) in [7, 11) is 1.34. The molecule has 0 aliphatic carbocycles. The molecule has 0 radical (unpaired) electrons. The van der Waals surface area contributed by atoms with Gasteiger partial charge in [0.15, 0.2) is 0 Å². The van der Waals surface area contributed by atoms with Gasteiger partial charge in [0, 0.05) is 6.08 Å². The van der Waals surface area contributed by atoms with E-state index >= 15 is 0 Å². The molecule has 0 fully saturated rings. The first kappa shape index (κ1) is 17.7. The Hall–Kier alpha value is -3.35. The number of rotatable bonds is 5. The zero-order valence-electron chi connectivity index (χ0n) is 12.3. The van der Waals surface area contributed by atoms with Crippen LogP contribution in [0.5, 0.6) is 0 Å². The van der Waals surface area contributed by atoms with Crippen molar-refractivity contribution < 1.29 is 24.5 Å². The minimum absolute atomic E-state index is 0.0637. The van der Waals surface area contributed by atoms with E-state index < -0.39 is 11.9 Å². The highest BCUT2D eigenvalue weighted by Crippen LogP contribution is 2.06. The fourth-order valence-electron chi connectivity index (χ4n) is 1.43. The maximum atomic E-state index is 10.5. The minimum Gasteiger partial charge on any atom is -0.490 e. The molecular weight excluding hydrogens is 300 g/mol. The lowest BCUT2D eigenvalue weighted by molar-refractivity contribution is -0.136. The van der Waals surface area contributed by atoms with Gasteiger partial charge >= 0.3 is 11.9 Å². The van der Waals surface area contributed by atoms with Crippen molar-refractivity contribution in [3.05, 3.63) is 65.9 Å². The van der Waals surface area contributed by atoms with Crippen molar-refractivity contribution in [3.63, 3.8) is 0 Å². The predicted molar refractivity (Wildman–Crippen MR) is 84.3 cm³/mol. The Balaban J connectivity index is 0.000000238. The highest BCUT2D eigenvalue weighted by atomic mass is 16.5. The first-order chi connectivity index (χ1) is 11.0. The Labute approximate surface area is 132 Å². The number of nitrogens with zero attached hydrogens (tertiary/aromatic N) is 1. The first-order valence-corrected chi connectivity index (χ1v) is 6.46. The molecule has 23 heavy (non-hydrogen) atoms. The number of carboxylic acid groups (broad SMARTS) is 2. The summed E-state index contributed by atoms with van der Waals surface area (Å²) in [6.45, 7) is 0. The molecule has 7 nitrogen and oxygen atoms in total. The Morgan fingerprint density at radius 1 is 1.22 bits per heavy atom. The second kappa shape index (κ2) is 9.56. The van der Waals surface area contributed by atoms with Crippen molar-refractivity contribution in [3.8, 4) is 0 Å². The Morgan fingerprint density at radius 3 is 2.39 bits per heavy atom. The van der Waals surface area contributed by atoms with Crippen LogP contribution >= 0.6 is 0 Å². The molecule has 0 unspecified atom stereocenters. The molecule has 2 aromatic rings. The molecule has 0 saturated carbocycles. The molecule has 0 aliphatic rings. The molecule has 1 heterocycles. The van der Waals surface area contributed by atoms with Crippen molar-refractivity contribution in [2.24, 2.45) is 0 Å². The fourth-order valence-corrected chi connectivity index (χ4v) is 1.43. The van der Waals surface area contributed by atoms with Gasteiger partial charge in [-0.25, -0.2) is 14.6 Å². The number of carbonyl (C=O) groups is 2. The molecule has 2 rings (SSSR count). The van der Waals surface area contributed by atoms with E-state index in [0.29, 0.717) is 5.69 Å². The maximum absolute atomic E-state index is 10.5. The Morgan fingerprint density at radius 2 is 1.91 bits per heavy atom. The average molecular weight is 316 g/mol. The fraction of sp³-hybridized carbons (Fsp3) is 0.0625. The van der Waals surface area contributed by atoms with Crippen LogP contribution in [0.15, 0.2) is 54.7 Å². The number of aliphatic carboxylic acids is 2. The third-order valence-corrected chi connectivity index (χ3v) is 2.45. The molecule has 3 N–H and O–H groups in total. The zero-order chi connectivity index (χ0) is 17.1. The summed E-state index contributed by atoms with van der Waals surface area (Å²) >= 11 is 0. The molecule has 0 spiro atoms. The molecule has 0 amide bonds. The van der Waals surface area contributed by atoms with Crippen LogP contribution in [0.25, 0.3) is 12.2 Å². The van der Waals surface area contributed by atoms with Gasteiger partial charge in [0.2, 0.25) is 5.76 Å². The summed E-state index contributed by atoms with van der Waals surface area (Å²) in [6.07, 6.45) is 6.99. The third kappa shape index (κ3) is 7.28. The second-order valence-electron chi connectivity index (χ2n) is 4.11. The standard InChI is InChI=1S/C10H10O3.C6H6N2O2/c1-13-9(10(11)12)7-8-5-3-2-4-6-8;9-6(10)2-1-5-3-7-4-8-5/h2-7H,1H3,(H,11,12);1-4H,(H,7,8)(H,9,10). The number of imidazole rings is 1. The van der Waals surface area contributed by atoms with Crippen LogP contribution in [-0.4, -0.2) is 39.2 Å². The van der Waals surface area contributed by atoms with Crippen molar-refractivity contribution in [1.29, 1.82) is 0 Å². The number of benzene rings is 1. The molecule has 0 atom stereocenters. The number of hydrogen-bond acceptors (Lipinski definition) is 4. The van der Waals surface area contributed by atoms with Crippen LogP contribution in [0.1, 0.15) is 11.3 Å². The van der Waals surface area contributed by atoms with E-state index in [0.717, 1.165) is 11.6 Å². The van der Waals surface area contributed by atoms with Crippen LogP contribution in [0.2, 0.25) is 0 Å². The zero-order valence-corrected chi connectivity index (χ0v) is 12.3. The number of nitrogens with one attached hydrogen (secondary N) is 1. The van der Waals surface area contributed by atoms with E-state index in [1.807, 2.05) is 30.3 Å². The summed E-state index contributed by atoms with van der Waals surface area (Å²) in [4.78, 5) is 26.9. The molecule has 0 aliphatic heterocycles. The lowest BCUT2D eigenvalue weighted by Crippen LogP contribution is -2.01. The van der Waals surface area contributed by atoms with E-state index in [4.69, 9.17) is 10.2 Å². The van der Waals surface area contributed by atoms with Gasteiger partial charge in [0.1, 0.15) is 0 Å². The van der Waals surface area contributed by atoms with E-state index in [1.165, 1.54) is 25.6 Å². The number of aromatic nitrogens is 2. The van der Waals surface area contributed by atoms with Crippen LogP contribution in [0.3, 0.4) is 0 Å². The molecular formula is C16H16N2O5. The first-order valence-electron chi connectivity index (χ1n) is 6.46. The van der Waals surface area contributed by atoms with Gasteiger partial charge in [-0.3, -0.25) is 0 Å². The van der Waals surface area contributed by atoms with Crippen LogP contribution in [0.4, 0.5) is 0 Å². The molecule has 0 bridgehead atoms. The van der Waals surface area contributed by atoms with Gasteiger partial charge in [-0.1, -0.05) is 30.3 Å². The smallest absolute Gasteiger partial charge is 0.371 e. The number of ether oxygens (including phenoxy) is 1. The van der Waals surface area contributed by atoms with Gasteiger partial charge in [0.05, 0.1) is 25.3 Å². The van der Waals surface area contributed by atoms with Crippen LogP contribution < -0.4 is 0 Å². The van der Waals surface area contributed by atoms with Crippen molar-refractivity contribution in [2.75, 3.05) is 7.11 Å². The van der Waals surface area contributed by atoms with E-state index in [-0.39, 0.29) is 5.76 Å². The lowest BCUT2D eigenvalue weighted by atomic mass is 10.2. The number of carboxylic acids is 2. The molecule has 7 heteroatoms. The Kier molecular flexibility index (Phi) is 7.36. The normalized spacial score (nSPS) is 10.7. The third-order valence-electron chi connectivity index (χ3n) is 2.45. The van der Waals surface area contributed by atoms with Crippen molar-refractivity contribution in [2.45, 2.75) is 0 Å². The predicted octanol–water partition coefficient (Wildman–Crippen LogP) is 2.27. The maximum Gasteiger partial charge on any atom is 0.371 e. The van der Waals surface area contributed by atoms with Gasteiger partial charge in [-0.15, -0.1) is 0 Å². The summed E-state index contributed by atoms with van der Waals surface area (Å²) < 4.78 is 4.68. The van der Waals surface area contributed by atoms with Gasteiger partial charge in [0.25, 0.3) is 0 Å². The Bertz CT molecular complexity index is 676. The lowest BCUT2D eigenvalue weighted by Gasteiger charge is -1.99. The number of methoxy groups -OCH3 is 1. The van der Waals surface area contributed by atoms with E-state index in [1.54, 1.807) is 6.20 Å². The molecule has 1 aromatic carbocycles. The van der Waals surface area contributed by atoms with Gasteiger partial charge in [-0.05, 0) is 17.7 Å². The SMILES string of the molecule is COC(=Cc1ccccc1)C(=O)O.O=C(O)C=Cc1cnc[nH]1. The highest BCUT2D eigenvalue weighted by molar-refractivity contribution is 5.89. The van der Waals surface area contributed by atoms with Gasteiger partial charge in [-0.2, -0.15) is 0 Å². The van der Waals surface area contributed by atoms with Gasteiger partial charge < -0.3 is 19.9 Å². The summed E-state index contributed by atoms with van der Waals surface area (Å²) in [5.74, 6) is -2.09. The van der Waals surface area contributed by atoms with Crippen LogP contribution in [-0.2, 0) is 14.3 Å². The van der Waals surface area contributed by atoms with Crippen molar-refractivity contribution in [1.82, 2.24) is 9.97 Å².